The first-order chi connectivity index (χ1) is 10.0. The Morgan fingerprint density at radius 1 is 1.00 bits per heavy atom. The summed E-state index contributed by atoms with van der Waals surface area (Å²) in [4.78, 5) is 2.52. The molecule has 0 aliphatic carbocycles. The van der Waals surface area contributed by atoms with Gasteiger partial charge >= 0.3 is 0 Å². The van der Waals surface area contributed by atoms with Crippen LogP contribution in [-0.4, -0.2) is 31.1 Å². The fourth-order valence-corrected chi connectivity index (χ4v) is 3.27. The normalized spacial score (nSPS) is 13.1. The van der Waals surface area contributed by atoms with Crippen LogP contribution in [0.3, 0.4) is 0 Å². The summed E-state index contributed by atoms with van der Waals surface area (Å²) in [7, 11) is 2.27. The van der Waals surface area contributed by atoms with Crippen LogP contribution in [0, 0.1) is 13.8 Å². The molecule has 1 rings (SSSR count). The van der Waals surface area contributed by atoms with Crippen LogP contribution < -0.4 is 5.32 Å². The Balaban J connectivity index is 2.73. The average Bonchev–Trinajstić information content (AvgIpc) is 2.43. The van der Waals surface area contributed by atoms with Crippen molar-refractivity contribution in [3.05, 3.63) is 34.9 Å². The third-order valence-electron chi connectivity index (χ3n) is 4.43. The van der Waals surface area contributed by atoms with Crippen molar-refractivity contribution in [1.82, 2.24) is 10.2 Å². The zero-order valence-electron chi connectivity index (χ0n) is 14.9. The van der Waals surface area contributed by atoms with Crippen LogP contribution in [0.15, 0.2) is 18.2 Å². The summed E-state index contributed by atoms with van der Waals surface area (Å²) >= 11 is 0. The van der Waals surface area contributed by atoms with E-state index in [1.165, 1.54) is 36.0 Å². The van der Waals surface area contributed by atoms with Gasteiger partial charge in [0.1, 0.15) is 0 Å². The molecule has 0 heterocycles. The highest BCUT2D eigenvalue weighted by atomic mass is 15.1. The minimum absolute atomic E-state index is 0.463. The zero-order chi connectivity index (χ0) is 15.8. The Labute approximate surface area is 131 Å². The highest BCUT2D eigenvalue weighted by Gasteiger charge is 2.15. The third kappa shape index (κ3) is 5.80. The third-order valence-corrected chi connectivity index (χ3v) is 4.43. The Kier molecular flexibility index (Phi) is 7.98. The quantitative estimate of drug-likeness (QED) is 0.722. The summed E-state index contributed by atoms with van der Waals surface area (Å²) in [5.74, 6) is 0. The van der Waals surface area contributed by atoms with Crippen molar-refractivity contribution < 1.29 is 0 Å². The van der Waals surface area contributed by atoms with E-state index >= 15 is 0 Å². The van der Waals surface area contributed by atoms with E-state index in [4.69, 9.17) is 0 Å². The molecular formula is C19H34N2. The van der Waals surface area contributed by atoms with Crippen LogP contribution in [0.5, 0.6) is 0 Å². The Hall–Kier alpha value is -0.860. The number of rotatable bonds is 9. The van der Waals surface area contributed by atoms with Gasteiger partial charge in [0.25, 0.3) is 0 Å². The molecule has 0 aliphatic rings. The van der Waals surface area contributed by atoms with Gasteiger partial charge in [0.05, 0.1) is 0 Å². The monoisotopic (exact) mass is 290 g/mol. The number of nitrogens with one attached hydrogen (secondary N) is 1. The maximum atomic E-state index is 3.66. The van der Waals surface area contributed by atoms with Gasteiger partial charge in [-0.2, -0.15) is 0 Å². The van der Waals surface area contributed by atoms with E-state index in [0.717, 1.165) is 13.1 Å². The van der Waals surface area contributed by atoms with Gasteiger partial charge in [-0.15, -0.1) is 0 Å². The molecule has 120 valence electrons. The standard InChI is InChI=1S/C19H34N2/c1-7-18(8-2)21(6)11-10-19(20-9-3)17-13-15(4)12-16(5)14-17/h12-14,18-20H,7-11H2,1-6H3. The summed E-state index contributed by atoms with van der Waals surface area (Å²) in [6.45, 7) is 13.3. The van der Waals surface area contributed by atoms with Crippen LogP contribution in [0.4, 0.5) is 0 Å². The van der Waals surface area contributed by atoms with E-state index in [1.54, 1.807) is 0 Å². The SMILES string of the molecule is CCNC(CCN(C)C(CC)CC)c1cc(C)cc(C)c1. The highest BCUT2D eigenvalue weighted by molar-refractivity contribution is 5.30. The van der Waals surface area contributed by atoms with E-state index in [1.807, 2.05) is 0 Å². The fourth-order valence-electron chi connectivity index (χ4n) is 3.27. The smallest absolute Gasteiger partial charge is 0.0332 e. The van der Waals surface area contributed by atoms with Gasteiger partial charge in [0.15, 0.2) is 0 Å². The van der Waals surface area contributed by atoms with Crippen molar-refractivity contribution in [3.8, 4) is 0 Å². The fraction of sp³-hybridized carbons (Fsp3) is 0.684. The topological polar surface area (TPSA) is 15.3 Å². The molecule has 0 saturated heterocycles. The summed E-state index contributed by atoms with van der Waals surface area (Å²) < 4.78 is 0. The lowest BCUT2D eigenvalue weighted by Gasteiger charge is -2.28. The van der Waals surface area contributed by atoms with Gasteiger partial charge in [-0.3, -0.25) is 0 Å². The molecule has 21 heavy (non-hydrogen) atoms. The second kappa shape index (κ2) is 9.22. The first-order valence-corrected chi connectivity index (χ1v) is 8.53. The molecule has 0 aliphatic heterocycles. The molecule has 0 spiro atoms. The number of hydrogen-bond acceptors (Lipinski definition) is 2. The van der Waals surface area contributed by atoms with Crippen molar-refractivity contribution in [1.29, 1.82) is 0 Å². The zero-order valence-corrected chi connectivity index (χ0v) is 14.9. The van der Waals surface area contributed by atoms with Crippen LogP contribution in [0.1, 0.15) is 62.8 Å². The molecule has 1 unspecified atom stereocenters. The van der Waals surface area contributed by atoms with Crippen LogP contribution >= 0.6 is 0 Å². The van der Waals surface area contributed by atoms with Gasteiger partial charge in [0.2, 0.25) is 0 Å². The second-order valence-electron chi connectivity index (χ2n) is 6.27. The van der Waals surface area contributed by atoms with Gasteiger partial charge < -0.3 is 10.2 Å². The average molecular weight is 290 g/mol. The number of aryl methyl sites for hydroxylation is 2. The minimum Gasteiger partial charge on any atom is -0.310 e. The van der Waals surface area contributed by atoms with E-state index in [-0.39, 0.29) is 0 Å². The van der Waals surface area contributed by atoms with Crippen molar-refractivity contribution in [2.24, 2.45) is 0 Å². The lowest BCUT2D eigenvalue weighted by Crippen LogP contribution is -2.34. The molecule has 0 aromatic heterocycles. The number of hydrogen-bond donors (Lipinski definition) is 1. The molecule has 1 aromatic carbocycles. The Morgan fingerprint density at radius 3 is 2.05 bits per heavy atom. The molecule has 1 N–H and O–H groups in total. The number of nitrogens with zero attached hydrogens (tertiary/aromatic N) is 1. The first kappa shape index (κ1) is 18.2. The van der Waals surface area contributed by atoms with Gasteiger partial charge in [-0.25, -0.2) is 0 Å². The maximum Gasteiger partial charge on any atom is 0.0332 e. The molecule has 0 fully saturated rings. The van der Waals surface area contributed by atoms with Gasteiger partial charge in [-0.1, -0.05) is 50.1 Å². The minimum atomic E-state index is 0.463. The predicted molar refractivity (Wildman–Crippen MR) is 94.0 cm³/mol. The van der Waals surface area contributed by atoms with Crippen LogP contribution in [-0.2, 0) is 0 Å². The summed E-state index contributed by atoms with van der Waals surface area (Å²) in [5.41, 5.74) is 4.16. The van der Waals surface area contributed by atoms with E-state index in [0.29, 0.717) is 12.1 Å². The first-order valence-electron chi connectivity index (χ1n) is 8.53. The van der Waals surface area contributed by atoms with Crippen molar-refractivity contribution in [3.63, 3.8) is 0 Å². The summed E-state index contributed by atoms with van der Waals surface area (Å²) in [6.07, 6.45) is 3.65. The molecule has 2 heteroatoms. The molecule has 0 bridgehead atoms. The molecule has 2 nitrogen and oxygen atoms in total. The van der Waals surface area contributed by atoms with Crippen molar-refractivity contribution in [2.45, 2.75) is 66.0 Å². The van der Waals surface area contributed by atoms with Gasteiger partial charge in [0, 0.05) is 12.1 Å². The largest absolute Gasteiger partial charge is 0.310 e. The molecule has 1 aromatic rings. The van der Waals surface area contributed by atoms with E-state index < -0.39 is 0 Å². The lowest BCUT2D eigenvalue weighted by atomic mass is 9.98. The van der Waals surface area contributed by atoms with Crippen LogP contribution in [0.25, 0.3) is 0 Å². The highest BCUT2D eigenvalue weighted by Crippen LogP contribution is 2.21. The Bertz CT molecular complexity index is 390. The molecule has 0 saturated carbocycles. The van der Waals surface area contributed by atoms with Gasteiger partial charge in [-0.05, 0) is 58.8 Å². The molecule has 0 amide bonds. The summed E-state index contributed by atoms with van der Waals surface area (Å²) in [6, 6.07) is 8.09. The molecule has 0 radical (unpaired) electrons. The van der Waals surface area contributed by atoms with E-state index in [9.17, 15) is 0 Å². The summed E-state index contributed by atoms with van der Waals surface area (Å²) in [5, 5.41) is 3.66. The predicted octanol–water partition coefficient (Wildman–Crippen LogP) is 4.46. The molecule has 1 atom stereocenters. The van der Waals surface area contributed by atoms with Crippen molar-refractivity contribution >= 4 is 0 Å². The number of benzene rings is 1. The van der Waals surface area contributed by atoms with Crippen LogP contribution in [0.2, 0.25) is 0 Å². The molecular weight excluding hydrogens is 256 g/mol. The Morgan fingerprint density at radius 2 is 1.57 bits per heavy atom. The van der Waals surface area contributed by atoms with Crippen molar-refractivity contribution in [2.75, 3.05) is 20.1 Å². The lowest BCUT2D eigenvalue weighted by molar-refractivity contribution is 0.218. The second-order valence-corrected chi connectivity index (χ2v) is 6.27. The maximum absolute atomic E-state index is 3.66. The van der Waals surface area contributed by atoms with E-state index in [2.05, 4.69) is 70.1 Å².